The number of quaternary nitrogens is 1. The van der Waals surface area contributed by atoms with E-state index in [0.717, 1.165) is 29.7 Å². The van der Waals surface area contributed by atoms with Crippen LogP contribution in [0.4, 0.5) is 10.6 Å². The molecule has 25 heavy (non-hydrogen) atoms. The molecule has 3 saturated heterocycles. The zero-order valence-electron chi connectivity index (χ0n) is 14.5. The van der Waals surface area contributed by atoms with Gasteiger partial charge in [0.05, 0.1) is 43.7 Å². The van der Waals surface area contributed by atoms with Gasteiger partial charge in [0.25, 0.3) is 0 Å². The van der Waals surface area contributed by atoms with E-state index in [-0.39, 0.29) is 5.41 Å². The molecule has 0 atom stereocenters. The van der Waals surface area contributed by atoms with Gasteiger partial charge in [-0.1, -0.05) is 30.3 Å². The first-order valence-electron chi connectivity index (χ1n) is 8.84. The number of carbonyl (C=O) groups is 1. The summed E-state index contributed by atoms with van der Waals surface area (Å²) in [5.41, 5.74) is 2.99. The Labute approximate surface area is 152 Å². The third-order valence-electron chi connectivity index (χ3n) is 5.88. The van der Waals surface area contributed by atoms with E-state index < -0.39 is 6.09 Å². The molecule has 0 unspecified atom stereocenters. The van der Waals surface area contributed by atoms with Crippen molar-refractivity contribution in [2.45, 2.75) is 19.3 Å². The number of piperidine rings is 3. The van der Waals surface area contributed by atoms with Crippen molar-refractivity contribution in [2.75, 3.05) is 38.6 Å². The lowest BCUT2D eigenvalue weighted by atomic mass is 9.71. The number of fused-ring (bicyclic) bond motifs is 3. The van der Waals surface area contributed by atoms with Gasteiger partial charge in [0.2, 0.25) is 0 Å². The Hall–Kier alpha value is -1.92. The summed E-state index contributed by atoms with van der Waals surface area (Å²) in [4.78, 5) is 17.5. The Morgan fingerprint density at radius 1 is 1.24 bits per heavy atom. The summed E-state index contributed by atoms with van der Waals surface area (Å²) in [6, 6.07) is 9.97. The van der Waals surface area contributed by atoms with E-state index in [2.05, 4.69) is 17.3 Å². The second kappa shape index (κ2) is 6.42. The van der Waals surface area contributed by atoms with E-state index in [0.29, 0.717) is 12.4 Å². The van der Waals surface area contributed by atoms with Crippen molar-refractivity contribution in [3.8, 4) is 10.4 Å². The summed E-state index contributed by atoms with van der Waals surface area (Å²) in [5, 5.41) is 2.82. The summed E-state index contributed by atoms with van der Waals surface area (Å²) in [5.74, 6) is 0.579. The van der Waals surface area contributed by atoms with Gasteiger partial charge in [-0.15, -0.1) is 11.3 Å². The maximum absolute atomic E-state index is 12.3. The number of amides is 1. The van der Waals surface area contributed by atoms with E-state index >= 15 is 0 Å². The Bertz CT molecular complexity index is 735. The highest BCUT2D eigenvalue weighted by molar-refractivity contribution is 7.13. The fourth-order valence-corrected chi connectivity index (χ4v) is 4.68. The molecule has 3 aliphatic heterocycles. The van der Waals surface area contributed by atoms with Crippen molar-refractivity contribution < 1.29 is 14.0 Å². The molecule has 1 amide bonds. The molecule has 2 aromatic rings. The first-order valence-corrected chi connectivity index (χ1v) is 9.72. The number of nitrogens with one attached hydrogen (secondary N) is 1. The molecule has 0 spiro atoms. The van der Waals surface area contributed by atoms with E-state index in [1.165, 1.54) is 35.5 Å². The Kier molecular flexibility index (Phi) is 4.25. The summed E-state index contributed by atoms with van der Waals surface area (Å²) in [6.45, 7) is 4.13. The van der Waals surface area contributed by atoms with Gasteiger partial charge in [-0.2, -0.15) is 0 Å². The molecule has 1 N–H and O–H groups in total. The van der Waals surface area contributed by atoms with Gasteiger partial charge >= 0.3 is 6.09 Å². The number of benzene rings is 1. The lowest BCUT2D eigenvalue weighted by Gasteiger charge is -2.52. The van der Waals surface area contributed by atoms with Crippen LogP contribution in [0.5, 0.6) is 0 Å². The Morgan fingerprint density at radius 2 is 1.92 bits per heavy atom. The first kappa shape index (κ1) is 16.5. The van der Waals surface area contributed by atoms with E-state index in [9.17, 15) is 4.79 Å². The topological polar surface area (TPSA) is 51.2 Å². The number of carbonyl (C=O) groups excluding carboxylic acids is 1. The van der Waals surface area contributed by atoms with Crippen LogP contribution in [0.1, 0.15) is 19.3 Å². The molecule has 1 aromatic heterocycles. The van der Waals surface area contributed by atoms with Gasteiger partial charge in [-0.25, -0.2) is 9.78 Å². The van der Waals surface area contributed by atoms with Crippen molar-refractivity contribution in [1.29, 1.82) is 0 Å². The van der Waals surface area contributed by atoms with Crippen LogP contribution in [-0.4, -0.2) is 48.8 Å². The molecule has 5 rings (SSSR count). The van der Waals surface area contributed by atoms with Crippen molar-refractivity contribution in [1.82, 2.24) is 4.98 Å². The summed E-state index contributed by atoms with van der Waals surface area (Å²) in [6.07, 6.45) is 3.07. The molecule has 1 aromatic carbocycles. The molecule has 0 aliphatic carbocycles. The summed E-state index contributed by atoms with van der Waals surface area (Å²) < 4.78 is 6.79. The van der Waals surface area contributed by atoms with Crippen LogP contribution in [0.2, 0.25) is 0 Å². The van der Waals surface area contributed by atoms with E-state index in [1.54, 1.807) is 5.51 Å². The van der Waals surface area contributed by atoms with Gasteiger partial charge in [0.1, 0.15) is 0 Å². The number of rotatable bonds is 4. The second-order valence-electron chi connectivity index (χ2n) is 7.64. The molecular weight excluding hydrogens is 334 g/mol. The van der Waals surface area contributed by atoms with E-state index in [1.807, 2.05) is 30.3 Å². The molecular formula is C19H24N3O2S+. The highest BCUT2D eigenvalue weighted by Crippen LogP contribution is 2.43. The van der Waals surface area contributed by atoms with Crippen LogP contribution in [-0.2, 0) is 4.74 Å². The number of ether oxygens (including phenoxy) is 1. The molecule has 5 nitrogen and oxygen atoms in total. The lowest BCUT2D eigenvalue weighted by Crippen LogP contribution is -2.60. The molecule has 2 bridgehead atoms. The first-order chi connectivity index (χ1) is 12.1. The van der Waals surface area contributed by atoms with Gasteiger partial charge in [0.15, 0.2) is 5.82 Å². The molecule has 4 heterocycles. The average Bonchev–Trinajstić information content (AvgIpc) is 3.10. The Morgan fingerprint density at radius 3 is 2.60 bits per heavy atom. The van der Waals surface area contributed by atoms with Crippen molar-refractivity contribution in [2.24, 2.45) is 5.41 Å². The highest BCUT2D eigenvalue weighted by atomic mass is 32.1. The molecule has 3 aliphatic rings. The van der Waals surface area contributed by atoms with Gasteiger partial charge in [-0.3, -0.25) is 5.32 Å². The highest BCUT2D eigenvalue weighted by Gasteiger charge is 2.47. The van der Waals surface area contributed by atoms with Gasteiger partial charge < -0.3 is 9.22 Å². The minimum atomic E-state index is -0.397. The zero-order valence-corrected chi connectivity index (χ0v) is 15.3. The Balaban J connectivity index is 1.37. The fraction of sp³-hybridized carbons (Fsp3) is 0.474. The molecule has 6 heteroatoms. The minimum Gasteiger partial charge on any atom is -0.449 e. The second-order valence-corrected chi connectivity index (χ2v) is 8.49. The average molecular weight is 358 g/mol. The number of aromatic nitrogens is 1. The van der Waals surface area contributed by atoms with E-state index in [4.69, 9.17) is 4.74 Å². The third kappa shape index (κ3) is 3.41. The number of hydrogen-bond donors (Lipinski definition) is 1. The number of thiazole rings is 1. The quantitative estimate of drug-likeness (QED) is 0.841. The number of nitrogens with zero attached hydrogens (tertiary/aromatic N) is 2. The fourth-order valence-electron chi connectivity index (χ4n) is 3.93. The minimum absolute atomic E-state index is 0.192. The molecule has 132 valence electrons. The summed E-state index contributed by atoms with van der Waals surface area (Å²) in [7, 11) is 2.34. The number of anilines is 1. The lowest BCUT2D eigenvalue weighted by molar-refractivity contribution is -0.927. The van der Waals surface area contributed by atoms with Crippen LogP contribution in [0.15, 0.2) is 35.8 Å². The van der Waals surface area contributed by atoms with Crippen LogP contribution in [0.25, 0.3) is 10.4 Å². The molecule has 0 saturated carbocycles. The predicted molar refractivity (Wildman–Crippen MR) is 99.6 cm³/mol. The number of hydrogen-bond acceptors (Lipinski definition) is 4. The largest absolute Gasteiger partial charge is 0.449 e. The molecule has 3 fully saturated rings. The SMILES string of the molecule is C[N+]12CCC(COC(=O)Nc3ncsc3-c3ccccc3)(CC1)CC2. The van der Waals surface area contributed by atoms with Crippen LogP contribution in [0.3, 0.4) is 0 Å². The smallest absolute Gasteiger partial charge is 0.412 e. The normalized spacial score (nSPS) is 27.9. The van der Waals surface area contributed by atoms with Crippen molar-refractivity contribution in [3.63, 3.8) is 0 Å². The zero-order chi connectivity index (χ0) is 17.3. The maximum Gasteiger partial charge on any atom is 0.412 e. The van der Waals surface area contributed by atoms with Crippen LogP contribution in [0, 0.1) is 5.41 Å². The van der Waals surface area contributed by atoms with Crippen molar-refractivity contribution >= 4 is 23.2 Å². The predicted octanol–water partition coefficient (Wildman–Crippen LogP) is 3.99. The third-order valence-corrected chi connectivity index (χ3v) is 6.75. The van der Waals surface area contributed by atoms with Crippen LogP contribution < -0.4 is 5.32 Å². The molecule has 0 radical (unpaired) electrons. The van der Waals surface area contributed by atoms with Crippen LogP contribution >= 0.6 is 11.3 Å². The summed E-state index contributed by atoms with van der Waals surface area (Å²) >= 11 is 1.52. The maximum atomic E-state index is 12.3. The van der Waals surface area contributed by atoms with Gasteiger partial charge in [-0.05, 0) is 5.56 Å². The standard InChI is InChI=1S/C19H23N3O2S/c1-22-10-7-19(8-11-22,9-12-22)13-24-18(23)21-17-16(25-14-20-17)15-5-3-2-4-6-15/h2-6,14H,7-13H2,1H3/p+1. The van der Waals surface area contributed by atoms with Gasteiger partial charge in [0, 0.05) is 24.7 Å². The van der Waals surface area contributed by atoms with Crippen molar-refractivity contribution in [3.05, 3.63) is 35.8 Å². The monoisotopic (exact) mass is 358 g/mol.